The zero-order valence-electron chi connectivity index (χ0n) is 6.16. The predicted molar refractivity (Wildman–Crippen MR) is 52.6 cm³/mol. The number of carboxylic acids is 1. The molecule has 0 aliphatic rings. The second-order valence-corrected chi connectivity index (χ2v) is 3.89. The van der Waals surface area contributed by atoms with E-state index in [0.717, 1.165) is 10.5 Å². The monoisotopic (exact) mass is 246 g/mol. The molecule has 12 heavy (non-hydrogen) atoms. The first-order valence-electron chi connectivity index (χ1n) is 3.31. The first kappa shape index (κ1) is 9.61. The van der Waals surface area contributed by atoms with Crippen molar-refractivity contribution in [3.8, 4) is 0 Å². The Labute approximate surface area is 82.2 Å². The quantitative estimate of drug-likeness (QED) is 0.892. The Morgan fingerprint density at radius 3 is 2.92 bits per heavy atom. The largest absolute Gasteiger partial charge is 0.481 e. The maximum absolute atomic E-state index is 10.3. The highest BCUT2D eigenvalue weighted by molar-refractivity contribution is 9.50. The van der Waals surface area contributed by atoms with Crippen LogP contribution in [0.3, 0.4) is 0 Å². The summed E-state index contributed by atoms with van der Waals surface area (Å²) in [6.45, 7) is 0. The van der Waals surface area contributed by atoms with Crippen molar-refractivity contribution in [3.63, 3.8) is 0 Å². The molecule has 1 N–H and O–H groups in total. The summed E-state index contributed by atoms with van der Waals surface area (Å²) in [4.78, 5) is 11.4. The molecule has 64 valence electrons. The minimum atomic E-state index is -0.799. The van der Waals surface area contributed by atoms with Gasteiger partial charge in [-0.15, -0.1) is 0 Å². The summed E-state index contributed by atoms with van der Waals surface area (Å²) >= 11 is 3.23. The van der Waals surface area contributed by atoms with E-state index in [1.165, 1.54) is 10.2 Å². The van der Waals surface area contributed by atoms with Gasteiger partial charge in [-0.2, -0.15) is 0 Å². The molecule has 0 aromatic heterocycles. The number of hydrogen-bond acceptors (Lipinski definition) is 2. The van der Waals surface area contributed by atoms with Crippen LogP contribution in [0.15, 0.2) is 29.2 Å². The summed E-state index contributed by atoms with van der Waals surface area (Å²) in [6.07, 6.45) is 0.0847. The second kappa shape index (κ2) is 4.52. The minimum Gasteiger partial charge on any atom is -0.481 e. The molecule has 0 aliphatic heterocycles. The van der Waals surface area contributed by atoms with Gasteiger partial charge in [0.15, 0.2) is 0 Å². The molecule has 0 saturated heterocycles. The third-order valence-electron chi connectivity index (χ3n) is 1.34. The van der Waals surface area contributed by atoms with E-state index >= 15 is 0 Å². The molecule has 2 nitrogen and oxygen atoms in total. The molecule has 0 atom stereocenters. The van der Waals surface area contributed by atoms with E-state index in [0.29, 0.717) is 0 Å². The van der Waals surface area contributed by atoms with Crippen molar-refractivity contribution in [1.82, 2.24) is 0 Å². The van der Waals surface area contributed by atoms with Gasteiger partial charge in [0.05, 0.1) is 6.42 Å². The van der Waals surface area contributed by atoms with Gasteiger partial charge in [-0.05, 0) is 42.7 Å². The van der Waals surface area contributed by atoms with Crippen molar-refractivity contribution in [1.29, 1.82) is 0 Å². The molecule has 0 radical (unpaired) electrons. The second-order valence-electron chi connectivity index (χ2n) is 2.30. The lowest BCUT2D eigenvalue weighted by molar-refractivity contribution is -0.136. The van der Waals surface area contributed by atoms with Crippen LogP contribution in [0, 0.1) is 0 Å². The number of carboxylic acid groups (broad SMARTS) is 1. The molecule has 0 fully saturated rings. The van der Waals surface area contributed by atoms with Gasteiger partial charge in [0.2, 0.25) is 0 Å². The van der Waals surface area contributed by atoms with Crippen LogP contribution in [0.4, 0.5) is 0 Å². The molecular formula is C8H7BrO2S. The highest BCUT2D eigenvalue weighted by Gasteiger charge is 2.00. The maximum Gasteiger partial charge on any atom is 0.307 e. The van der Waals surface area contributed by atoms with E-state index in [4.69, 9.17) is 5.11 Å². The summed E-state index contributed by atoms with van der Waals surface area (Å²) in [5.41, 5.74) is 0.826. The molecule has 0 amide bonds. The predicted octanol–water partition coefficient (Wildman–Crippen LogP) is 2.72. The molecule has 0 unspecified atom stereocenters. The van der Waals surface area contributed by atoms with Gasteiger partial charge in [-0.1, -0.05) is 12.1 Å². The van der Waals surface area contributed by atoms with Crippen LogP contribution in [0.5, 0.6) is 0 Å². The Balaban J connectivity index is 2.79. The molecule has 0 heterocycles. The first-order chi connectivity index (χ1) is 5.72. The van der Waals surface area contributed by atoms with Crippen molar-refractivity contribution in [2.45, 2.75) is 11.3 Å². The van der Waals surface area contributed by atoms with Gasteiger partial charge in [-0.3, -0.25) is 4.79 Å². The standard InChI is InChI=1S/C8H7BrO2S/c9-12-7-3-1-2-6(4-7)5-8(10)11/h1-4H,5H2,(H,10,11). The van der Waals surface area contributed by atoms with E-state index in [-0.39, 0.29) is 6.42 Å². The van der Waals surface area contributed by atoms with Crippen molar-refractivity contribution in [2.75, 3.05) is 0 Å². The van der Waals surface area contributed by atoms with Crippen LogP contribution in [-0.4, -0.2) is 11.1 Å². The molecule has 0 saturated carbocycles. The van der Waals surface area contributed by atoms with E-state index in [1.807, 2.05) is 18.2 Å². The molecule has 1 aromatic carbocycles. The lowest BCUT2D eigenvalue weighted by atomic mass is 10.2. The summed E-state index contributed by atoms with van der Waals surface area (Å²) in [7, 11) is 1.43. The highest BCUT2D eigenvalue weighted by atomic mass is 79.9. The van der Waals surface area contributed by atoms with Crippen LogP contribution in [0.25, 0.3) is 0 Å². The summed E-state index contributed by atoms with van der Waals surface area (Å²) in [5, 5.41) is 8.51. The average Bonchev–Trinajstić information content (AvgIpc) is 2.03. The fraction of sp³-hybridized carbons (Fsp3) is 0.125. The number of halogens is 1. The molecule has 1 rings (SSSR count). The van der Waals surface area contributed by atoms with Gasteiger partial charge in [0.25, 0.3) is 0 Å². The van der Waals surface area contributed by atoms with E-state index in [9.17, 15) is 4.79 Å². The van der Waals surface area contributed by atoms with Crippen LogP contribution >= 0.6 is 25.0 Å². The fourth-order valence-corrected chi connectivity index (χ4v) is 1.81. The first-order valence-corrected chi connectivity index (χ1v) is 5.97. The van der Waals surface area contributed by atoms with Crippen molar-refractivity contribution >= 4 is 31.0 Å². The normalized spacial score (nSPS) is 9.75. The summed E-state index contributed by atoms with van der Waals surface area (Å²) < 4.78 is 0. The van der Waals surface area contributed by atoms with Crippen LogP contribution < -0.4 is 0 Å². The number of carbonyl (C=O) groups is 1. The van der Waals surface area contributed by atoms with Gasteiger partial charge >= 0.3 is 5.97 Å². The molecule has 0 bridgehead atoms. The minimum absolute atomic E-state index is 0.0847. The highest BCUT2D eigenvalue weighted by Crippen LogP contribution is 2.24. The number of rotatable bonds is 3. The third-order valence-corrected chi connectivity index (χ3v) is 2.90. The smallest absolute Gasteiger partial charge is 0.307 e. The zero-order valence-corrected chi connectivity index (χ0v) is 8.56. The van der Waals surface area contributed by atoms with Crippen LogP contribution in [0.1, 0.15) is 5.56 Å². The number of benzene rings is 1. The number of hydrogen-bond donors (Lipinski definition) is 1. The number of aliphatic carboxylic acids is 1. The van der Waals surface area contributed by atoms with E-state index < -0.39 is 5.97 Å². The maximum atomic E-state index is 10.3. The summed E-state index contributed by atoms with van der Waals surface area (Å²) in [6, 6.07) is 7.43. The van der Waals surface area contributed by atoms with E-state index in [1.54, 1.807) is 6.07 Å². The molecular weight excluding hydrogens is 240 g/mol. The average molecular weight is 247 g/mol. The lowest BCUT2D eigenvalue weighted by Gasteiger charge is -1.98. The van der Waals surface area contributed by atoms with Gasteiger partial charge < -0.3 is 5.11 Å². The SMILES string of the molecule is O=C(O)Cc1cccc(SBr)c1. The Kier molecular flexibility index (Phi) is 3.62. The van der Waals surface area contributed by atoms with E-state index in [2.05, 4.69) is 14.8 Å². The van der Waals surface area contributed by atoms with Crippen LogP contribution in [-0.2, 0) is 11.2 Å². The molecule has 1 aromatic rings. The Morgan fingerprint density at radius 2 is 2.33 bits per heavy atom. The Morgan fingerprint density at radius 1 is 1.58 bits per heavy atom. The summed E-state index contributed by atoms with van der Waals surface area (Å²) in [5.74, 6) is -0.799. The van der Waals surface area contributed by atoms with Crippen molar-refractivity contribution < 1.29 is 9.90 Å². The molecule has 0 aliphatic carbocycles. The third kappa shape index (κ3) is 2.87. The zero-order chi connectivity index (χ0) is 8.97. The lowest BCUT2D eigenvalue weighted by Crippen LogP contribution is -1.99. The molecule has 0 spiro atoms. The van der Waals surface area contributed by atoms with Gasteiger partial charge in [-0.25, -0.2) is 0 Å². The fourth-order valence-electron chi connectivity index (χ4n) is 0.878. The molecule has 4 heteroatoms. The van der Waals surface area contributed by atoms with Gasteiger partial charge in [0, 0.05) is 4.90 Å². The Hall–Kier alpha value is -0.480. The van der Waals surface area contributed by atoms with Gasteiger partial charge in [0.1, 0.15) is 0 Å². The topological polar surface area (TPSA) is 37.3 Å². The van der Waals surface area contributed by atoms with Crippen molar-refractivity contribution in [3.05, 3.63) is 29.8 Å². The van der Waals surface area contributed by atoms with Crippen molar-refractivity contribution in [2.24, 2.45) is 0 Å². The van der Waals surface area contributed by atoms with Crippen LogP contribution in [0.2, 0.25) is 0 Å². The Bertz CT molecular complexity index is 288.